The Labute approximate surface area is 118 Å². The molecule has 108 valence electrons. The third-order valence-electron chi connectivity index (χ3n) is 3.06. The van der Waals surface area contributed by atoms with E-state index in [9.17, 15) is 8.42 Å². The quantitative estimate of drug-likeness (QED) is 0.827. The van der Waals surface area contributed by atoms with Gasteiger partial charge in [-0.25, -0.2) is 13.6 Å². The predicted octanol–water partition coefficient (Wildman–Crippen LogP) is 0.881. The van der Waals surface area contributed by atoms with E-state index in [0.29, 0.717) is 0 Å². The molecule has 0 saturated carbocycles. The van der Waals surface area contributed by atoms with E-state index in [2.05, 4.69) is 10.4 Å². The van der Waals surface area contributed by atoms with E-state index in [1.807, 2.05) is 23.9 Å². The first-order valence-corrected chi connectivity index (χ1v) is 7.85. The fraction of sp³-hybridized carbons (Fsp3) is 0.308. The highest BCUT2D eigenvalue weighted by molar-refractivity contribution is 7.89. The fourth-order valence-corrected chi connectivity index (χ4v) is 2.41. The van der Waals surface area contributed by atoms with E-state index in [1.54, 1.807) is 18.3 Å². The molecule has 3 N–H and O–H groups in total. The van der Waals surface area contributed by atoms with Crippen molar-refractivity contribution in [2.45, 2.75) is 24.4 Å². The number of rotatable bonds is 6. The number of nitrogens with zero attached hydrogens (tertiary/aromatic N) is 2. The van der Waals surface area contributed by atoms with Crippen LogP contribution in [-0.2, 0) is 16.6 Å². The summed E-state index contributed by atoms with van der Waals surface area (Å²) in [6.45, 7) is 3.58. The first-order valence-electron chi connectivity index (χ1n) is 6.30. The first-order chi connectivity index (χ1) is 9.47. The van der Waals surface area contributed by atoms with Crippen LogP contribution in [0.4, 0.5) is 0 Å². The number of aromatic nitrogens is 2. The summed E-state index contributed by atoms with van der Waals surface area (Å²) in [7, 11) is -3.62. The number of nitrogens with two attached hydrogens (primary N) is 1. The van der Waals surface area contributed by atoms with Crippen LogP contribution in [-0.4, -0.2) is 24.7 Å². The van der Waals surface area contributed by atoms with Crippen molar-refractivity contribution in [2.75, 3.05) is 6.54 Å². The van der Waals surface area contributed by atoms with E-state index in [-0.39, 0.29) is 10.9 Å². The molecule has 1 atom stereocenters. The summed E-state index contributed by atoms with van der Waals surface area (Å²) in [6.07, 6.45) is 3.66. The van der Waals surface area contributed by atoms with Gasteiger partial charge >= 0.3 is 0 Å². The molecule has 2 aromatic rings. The van der Waals surface area contributed by atoms with Crippen LogP contribution in [0.5, 0.6) is 0 Å². The summed E-state index contributed by atoms with van der Waals surface area (Å²) < 4.78 is 24.2. The Hall–Kier alpha value is -1.70. The van der Waals surface area contributed by atoms with Crippen molar-refractivity contribution in [3.63, 3.8) is 0 Å². The highest BCUT2D eigenvalue weighted by atomic mass is 32.2. The van der Waals surface area contributed by atoms with E-state index >= 15 is 0 Å². The van der Waals surface area contributed by atoms with Crippen LogP contribution in [0.3, 0.4) is 0 Å². The lowest BCUT2D eigenvalue weighted by Crippen LogP contribution is -2.23. The lowest BCUT2D eigenvalue weighted by molar-refractivity contribution is 0.507. The Morgan fingerprint density at radius 1 is 1.35 bits per heavy atom. The normalized spacial score (nSPS) is 13.3. The monoisotopic (exact) mass is 294 g/mol. The van der Waals surface area contributed by atoms with Crippen molar-refractivity contribution in [3.8, 4) is 0 Å². The zero-order chi connectivity index (χ0) is 14.6. The molecule has 0 aliphatic rings. The maximum Gasteiger partial charge on any atom is 0.238 e. The van der Waals surface area contributed by atoms with Crippen LogP contribution in [0.15, 0.2) is 47.6 Å². The van der Waals surface area contributed by atoms with Crippen molar-refractivity contribution in [1.29, 1.82) is 0 Å². The summed E-state index contributed by atoms with van der Waals surface area (Å²) in [6, 6.07) is 8.60. The Kier molecular flexibility index (Phi) is 4.53. The molecule has 0 fully saturated rings. The van der Waals surface area contributed by atoms with E-state index in [0.717, 1.165) is 18.7 Å². The Bertz CT molecular complexity index is 636. The largest absolute Gasteiger partial charge is 0.308 e. The third-order valence-corrected chi connectivity index (χ3v) is 3.99. The SMILES string of the molecule is CC(NCCn1cccn1)c1ccc(S(N)(=O)=O)cc1. The van der Waals surface area contributed by atoms with E-state index < -0.39 is 10.0 Å². The molecule has 1 aromatic heterocycles. The number of nitrogens with one attached hydrogen (secondary N) is 1. The summed E-state index contributed by atoms with van der Waals surface area (Å²) in [5.41, 5.74) is 1.01. The van der Waals surface area contributed by atoms with E-state index in [1.165, 1.54) is 12.1 Å². The number of hydrogen-bond acceptors (Lipinski definition) is 4. The number of primary sulfonamides is 1. The molecule has 6 nitrogen and oxygen atoms in total. The van der Waals surface area contributed by atoms with Crippen LogP contribution in [0, 0.1) is 0 Å². The van der Waals surface area contributed by atoms with Crippen LogP contribution >= 0.6 is 0 Å². The van der Waals surface area contributed by atoms with Gasteiger partial charge in [-0.1, -0.05) is 12.1 Å². The van der Waals surface area contributed by atoms with Crippen molar-refractivity contribution in [3.05, 3.63) is 48.3 Å². The van der Waals surface area contributed by atoms with Gasteiger partial charge in [-0.05, 0) is 30.7 Å². The van der Waals surface area contributed by atoms with E-state index in [4.69, 9.17) is 5.14 Å². The maximum atomic E-state index is 11.2. The fourth-order valence-electron chi connectivity index (χ4n) is 1.89. The average Bonchev–Trinajstić information content (AvgIpc) is 2.91. The molecule has 7 heteroatoms. The van der Waals surface area contributed by atoms with Gasteiger partial charge in [0.2, 0.25) is 10.0 Å². The summed E-state index contributed by atoms with van der Waals surface area (Å²) in [5, 5.41) is 12.5. The zero-order valence-electron chi connectivity index (χ0n) is 11.2. The second-order valence-corrected chi connectivity index (χ2v) is 6.12. The molecule has 1 heterocycles. The van der Waals surface area contributed by atoms with Gasteiger partial charge in [0.05, 0.1) is 11.4 Å². The zero-order valence-corrected chi connectivity index (χ0v) is 12.0. The lowest BCUT2D eigenvalue weighted by Gasteiger charge is -2.14. The van der Waals surface area contributed by atoms with Gasteiger partial charge in [-0.2, -0.15) is 5.10 Å². The minimum absolute atomic E-state index is 0.125. The van der Waals surface area contributed by atoms with Crippen molar-refractivity contribution >= 4 is 10.0 Å². The molecule has 2 rings (SSSR count). The molecular weight excluding hydrogens is 276 g/mol. The lowest BCUT2D eigenvalue weighted by atomic mass is 10.1. The highest BCUT2D eigenvalue weighted by Crippen LogP contribution is 2.15. The highest BCUT2D eigenvalue weighted by Gasteiger charge is 2.09. The molecule has 0 radical (unpaired) electrons. The molecule has 1 unspecified atom stereocenters. The molecule has 0 amide bonds. The number of hydrogen-bond donors (Lipinski definition) is 2. The van der Waals surface area contributed by atoms with Gasteiger partial charge < -0.3 is 5.32 Å². The Balaban J connectivity index is 1.90. The number of sulfonamides is 1. The summed E-state index contributed by atoms with van der Waals surface area (Å²) in [5.74, 6) is 0. The van der Waals surface area contributed by atoms with Gasteiger partial charge in [-0.15, -0.1) is 0 Å². The average molecular weight is 294 g/mol. The van der Waals surface area contributed by atoms with Crippen LogP contribution in [0.2, 0.25) is 0 Å². The van der Waals surface area contributed by atoms with Crippen LogP contribution in [0.25, 0.3) is 0 Å². The Morgan fingerprint density at radius 2 is 2.05 bits per heavy atom. The van der Waals surface area contributed by atoms with Gasteiger partial charge in [0, 0.05) is 25.0 Å². The summed E-state index contributed by atoms with van der Waals surface area (Å²) >= 11 is 0. The topological polar surface area (TPSA) is 90.0 Å². The predicted molar refractivity (Wildman–Crippen MR) is 76.5 cm³/mol. The van der Waals surface area contributed by atoms with Crippen LogP contribution < -0.4 is 10.5 Å². The molecule has 20 heavy (non-hydrogen) atoms. The minimum atomic E-state index is -3.62. The molecule has 0 bridgehead atoms. The second-order valence-electron chi connectivity index (χ2n) is 4.56. The maximum absolute atomic E-state index is 11.2. The van der Waals surface area contributed by atoms with Crippen molar-refractivity contribution < 1.29 is 8.42 Å². The molecule has 0 saturated heterocycles. The molecular formula is C13H18N4O2S. The third kappa shape index (κ3) is 3.89. The molecule has 0 aliphatic heterocycles. The van der Waals surface area contributed by atoms with Gasteiger partial charge in [0.25, 0.3) is 0 Å². The molecule has 0 spiro atoms. The molecule has 1 aromatic carbocycles. The summed E-state index contributed by atoms with van der Waals surface area (Å²) in [4.78, 5) is 0.130. The minimum Gasteiger partial charge on any atom is -0.308 e. The van der Waals surface area contributed by atoms with Gasteiger partial charge in [0.15, 0.2) is 0 Å². The van der Waals surface area contributed by atoms with Crippen LogP contribution in [0.1, 0.15) is 18.5 Å². The Morgan fingerprint density at radius 3 is 2.60 bits per heavy atom. The van der Waals surface area contributed by atoms with Gasteiger partial charge in [0.1, 0.15) is 0 Å². The van der Waals surface area contributed by atoms with Crippen molar-refractivity contribution in [1.82, 2.24) is 15.1 Å². The number of benzene rings is 1. The second kappa shape index (κ2) is 6.17. The van der Waals surface area contributed by atoms with Gasteiger partial charge in [-0.3, -0.25) is 4.68 Å². The first kappa shape index (κ1) is 14.7. The standard InChI is InChI=1S/C13H18N4O2S/c1-11(15-8-10-17-9-2-7-16-17)12-3-5-13(6-4-12)20(14,18)19/h2-7,9,11,15H,8,10H2,1H3,(H2,14,18,19). The molecule has 0 aliphatic carbocycles. The smallest absolute Gasteiger partial charge is 0.238 e. The van der Waals surface area contributed by atoms with Crippen molar-refractivity contribution in [2.24, 2.45) is 5.14 Å².